The number of ether oxygens (including phenoxy) is 3. The molecule has 0 amide bonds. The molecule has 36 heavy (non-hydrogen) atoms. The summed E-state index contributed by atoms with van der Waals surface area (Å²) in [7, 11) is 1.62. The van der Waals surface area contributed by atoms with Crippen molar-refractivity contribution in [2.75, 3.05) is 20.3 Å². The van der Waals surface area contributed by atoms with Crippen molar-refractivity contribution in [1.82, 2.24) is 4.98 Å². The number of nitrogens with zero attached hydrogens (tertiary/aromatic N) is 1. The summed E-state index contributed by atoms with van der Waals surface area (Å²) in [6, 6.07) is 5.16. The molecule has 1 N–H and O–H groups in total. The number of alkyl halides is 3. The fourth-order valence-corrected chi connectivity index (χ4v) is 6.10. The van der Waals surface area contributed by atoms with Crippen molar-refractivity contribution >= 4 is 0 Å². The van der Waals surface area contributed by atoms with Crippen LogP contribution in [0.4, 0.5) is 13.2 Å². The summed E-state index contributed by atoms with van der Waals surface area (Å²) in [5.74, 6) is 0. The standard InChI is InChI=1S/C28H34F3NO4/c1-25(2)14-18-20(19(33)15-25)22-21(24(32-18)26(3,4)34-5)23(36-27(22)10-12-35-13-11-27)16-6-8-17(9-7-16)28(29,30)31/h6-9,19,23,33H,10-15H2,1-5H3. The smallest absolute Gasteiger partial charge is 0.388 e. The molecule has 1 aromatic carbocycles. The topological polar surface area (TPSA) is 60.8 Å². The third-order valence-corrected chi connectivity index (χ3v) is 8.06. The van der Waals surface area contributed by atoms with E-state index in [-0.39, 0.29) is 5.41 Å². The normalized spacial score (nSPS) is 25.0. The number of hydrogen-bond acceptors (Lipinski definition) is 5. The van der Waals surface area contributed by atoms with Crippen LogP contribution in [0.3, 0.4) is 0 Å². The highest BCUT2D eigenvalue weighted by molar-refractivity contribution is 5.55. The summed E-state index contributed by atoms with van der Waals surface area (Å²) in [6.07, 6.45) is -3.28. The Morgan fingerprint density at radius 1 is 1.06 bits per heavy atom. The fourth-order valence-electron chi connectivity index (χ4n) is 6.10. The monoisotopic (exact) mass is 505 g/mol. The van der Waals surface area contributed by atoms with E-state index in [4.69, 9.17) is 19.2 Å². The van der Waals surface area contributed by atoms with Gasteiger partial charge >= 0.3 is 6.18 Å². The van der Waals surface area contributed by atoms with E-state index in [1.165, 1.54) is 12.1 Å². The second kappa shape index (κ2) is 8.51. The van der Waals surface area contributed by atoms with Gasteiger partial charge in [0.25, 0.3) is 0 Å². The van der Waals surface area contributed by atoms with Gasteiger partial charge in [-0.1, -0.05) is 26.0 Å². The first-order valence-corrected chi connectivity index (χ1v) is 12.5. The minimum absolute atomic E-state index is 0.128. The van der Waals surface area contributed by atoms with Gasteiger partial charge in [-0.3, -0.25) is 4.98 Å². The van der Waals surface area contributed by atoms with Crippen molar-refractivity contribution in [2.24, 2.45) is 5.41 Å². The Morgan fingerprint density at radius 2 is 1.69 bits per heavy atom. The fraction of sp³-hybridized carbons (Fsp3) is 0.607. The quantitative estimate of drug-likeness (QED) is 0.545. The predicted octanol–water partition coefficient (Wildman–Crippen LogP) is 6.11. The largest absolute Gasteiger partial charge is 0.416 e. The Morgan fingerprint density at radius 3 is 2.28 bits per heavy atom. The Labute approximate surface area is 210 Å². The summed E-state index contributed by atoms with van der Waals surface area (Å²) in [6.45, 7) is 9.12. The Kier molecular flexibility index (Phi) is 6.06. The number of benzene rings is 1. The van der Waals surface area contributed by atoms with E-state index in [1.807, 2.05) is 13.8 Å². The van der Waals surface area contributed by atoms with E-state index in [0.29, 0.717) is 50.2 Å². The van der Waals surface area contributed by atoms with Gasteiger partial charge in [0.2, 0.25) is 0 Å². The maximum atomic E-state index is 13.3. The number of rotatable bonds is 3. The lowest BCUT2D eigenvalue weighted by Gasteiger charge is -2.40. The van der Waals surface area contributed by atoms with Crippen molar-refractivity contribution in [3.63, 3.8) is 0 Å². The van der Waals surface area contributed by atoms with E-state index in [9.17, 15) is 18.3 Å². The summed E-state index contributed by atoms with van der Waals surface area (Å²) in [5.41, 5.74) is 2.40. The molecule has 2 unspecified atom stereocenters. The zero-order valence-electron chi connectivity index (χ0n) is 21.5. The molecule has 1 spiro atoms. The van der Waals surface area contributed by atoms with Crippen LogP contribution in [0, 0.1) is 5.41 Å². The van der Waals surface area contributed by atoms with Gasteiger partial charge in [0, 0.05) is 50.0 Å². The van der Waals surface area contributed by atoms with Crippen LogP contribution in [-0.2, 0) is 38.0 Å². The van der Waals surface area contributed by atoms with Gasteiger partial charge < -0.3 is 19.3 Å². The van der Waals surface area contributed by atoms with Gasteiger partial charge in [0.15, 0.2) is 0 Å². The molecular weight excluding hydrogens is 471 g/mol. The Bertz CT molecular complexity index is 1150. The molecule has 0 bridgehead atoms. The third-order valence-electron chi connectivity index (χ3n) is 8.06. The number of fused-ring (bicyclic) bond motifs is 4. The first-order valence-electron chi connectivity index (χ1n) is 12.5. The molecule has 0 saturated carbocycles. The molecule has 1 saturated heterocycles. The second-order valence-corrected chi connectivity index (χ2v) is 11.6. The van der Waals surface area contributed by atoms with Gasteiger partial charge in [-0.2, -0.15) is 13.2 Å². The summed E-state index contributed by atoms with van der Waals surface area (Å²) < 4.78 is 58.3. The molecule has 8 heteroatoms. The maximum absolute atomic E-state index is 13.3. The zero-order valence-corrected chi connectivity index (χ0v) is 21.5. The molecule has 3 heterocycles. The van der Waals surface area contributed by atoms with Crippen LogP contribution in [0.15, 0.2) is 24.3 Å². The summed E-state index contributed by atoms with van der Waals surface area (Å²) in [5, 5.41) is 11.4. The number of aliphatic hydroxyl groups is 1. The highest BCUT2D eigenvalue weighted by Gasteiger charge is 2.53. The van der Waals surface area contributed by atoms with Crippen LogP contribution in [-0.4, -0.2) is 30.4 Å². The second-order valence-electron chi connectivity index (χ2n) is 11.6. The molecule has 5 rings (SSSR count). The number of aliphatic hydroxyl groups excluding tert-OH is 1. The number of pyridine rings is 1. The van der Waals surface area contributed by atoms with Crippen molar-refractivity contribution < 1.29 is 32.5 Å². The molecule has 2 aromatic rings. The number of halogens is 3. The van der Waals surface area contributed by atoms with Crippen LogP contribution in [0.25, 0.3) is 0 Å². The number of hydrogen-bond donors (Lipinski definition) is 1. The lowest BCUT2D eigenvalue weighted by molar-refractivity contribution is -0.137. The SMILES string of the molecule is COC(C)(C)c1nc2c(c3c1C(c1ccc(C(F)(F)F)cc1)OC31CCOCC1)C(O)CC(C)(C)C2. The van der Waals surface area contributed by atoms with Crippen molar-refractivity contribution in [2.45, 2.75) is 83.0 Å². The van der Waals surface area contributed by atoms with E-state index in [2.05, 4.69) is 13.8 Å². The number of aromatic nitrogens is 1. The lowest BCUT2D eigenvalue weighted by Crippen LogP contribution is -2.37. The van der Waals surface area contributed by atoms with E-state index in [0.717, 1.165) is 34.5 Å². The molecule has 5 nitrogen and oxygen atoms in total. The van der Waals surface area contributed by atoms with Crippen molar-refractivity contribution in [3.05, 3.63) is 63.5 Å². The van der Waals surface area contributed by atoms with Gasteiger partial charge in [0.1, 0.15) is 11.7 Å². The van der Waals surface area contributed by atoms with Crippen molar-refractivity contribution in [1.29, 1.82) is 0 Å². The van der Waals surface area contributed by atoms with Crippen molar-refractivity contribution in [3.8, 4) is 0 Å². The van der Waals surface area contributed by atoms with E-state index < -0.39 is 35.1 Å². The van der Waals surface area contributed by atoms with Gasteiger partial charge in [-0.25, -0.2) is 0 Å². The van der Waals surface area contributed by atoms with Gasteiger partial charge in [-0.15, -0.1) is 0 Å². The Hall–Kier alpha value is -2.00. The third kappa shape index (κ3) is 4.16. The molecular formula is C28H34F3NO4. The Balaban J connectivity index is 1.78. The number of methoxy groups -OCH3 is 1. The molecule has 2 atom stereocenters. The minimum Gasteiger partial charge on any atom is -0.388 e. The first kappa shape index (κ1) is 25.6. The highest BCUT2D eigenvalue weighted by atomic mass is 19.4. The average molecular weight is 506 g/mol. The van der Waals surface area contributed by atoms with Gasteiger partial charge in [0.05, 0.1) is 23.0 Å². The summed E-state index contributed by atoms with van der Waals surface area (Å²) >= 11 is 0. The van der Waals surface area contributed by atoms with Crippen LogP contribution in [0.5, 0.6) is 0 Å². The first-order chi connectivity index (χ1) is 16.8. The average Bonchev–Trinajstić information content (AvgIpc) is 3.11. The zero-order chi connectivity index (χ0) is 26.1. The lowest BCUT2D eigenvalue weighted by atomic mass is 9.69. The summed E-state index contributed by atoms with van der Waals surface area (Å²) in [4.78, 5) is 5.11. The molecule has 1 fully saturated rings. The molecule has 196 valence electrons. The predicted molar refractivity (Wildman–Crippen MR) is 127 cm³/mol. The molecule has 1 aromatic heterocycles. The van der Waals surface area contributed by atoms with Crippen LogP contribution < -0.4 is 0 Å². The molecule has 3 aliphatic rings. The molecule has 1 aliphatic carbocycles. The minimum atomic E-state index is -4.42. The van der Waals surface area contributed by atoms with E-state index in [1.54, 1.807) is 7.11 Å². The molecule has 2 aliphatic heterocycles. The molecule has 0 radical (unpaired) electrons. The van der Waals surface area contributed by atoms with E-state index >= 15 is 0 Å². The van der Waals surface area contributed by atoms with Gasteiger partial charge in [-0.05, 0) is 55.4 Å². The van der Waals surface area contributed by atoms with Crippen LogP contribution in [0.1, 0.15) is 98.4 Å². The van der Waals surface area contributed by atoms with Crippen LogP contribution in [0.2, 0.25) is 0 Å². The maximum Gasteiger partial charge on any atom is 0.416 e. The highest BCUT2D eigenvalue weighted by Crippen LogP contribution is 2.58. The van der Waals surface area contributed by atoms with Crippen LogP contribution >= 0.6 is 0 Å².